The molecule has 3 heterocycles. The third kappa shape index (κ3) is 4.14. The number of hydrogen-bond donors (Lipinski definition) is 0. The summed E-state index contributed by atoms with van der Waals surface area (Å²) in [5, 5.41) is 8.25. The Bertz CT molecular complexity index is 1120. The first-order chi connectivity index (χ1) is 15.2. The zero-order chi connectivity index (χ0) is 21.2. The van der Waals surface area contributed by atoms with Gasteiger partial charge in [0.1, 0.15) is 5.82 Å². The minimum Gasteiger partial charge on any atom is -0.454 e. The summed E-state index contributed by atoms with van der Waals surface area (Å²) in [5.41, 5.74) is 1.56. The highest BCUT2D eigenvalue weighted by Crippen LogP contribution is 2.33. The molecular weight excluding hydrogens is 401 g/mol. The van der Waals surface area contributed by atoms with Crippen molar-refractivity contribution in [1.29, 1.82) is 0 Å². The third-order valence-corrected chi connectivity index (χ3v) is 5.50. The Hall–Kier alpha value is -3.68. The molecule has 158 valence electrons. The summed E-state index contributed by atoms with van der Waals surface area (Å²) in [7, 11) is 0. The number of fused-ring (bicyclic) bond motifs is 1. The van der Waals surface area contributed by atoms with Crippen LogP contribution in [-0.4, -0.2) is 40.9 Å². The zero-order valence-electron chi connectivity index (χ0n) is 16.7. The first kappa shape index (κ1) is 19.3. The summed E-state index contributed by atoms with van der Waals surface area (Å²) in [5.74, 6) is 2.09. The number of carbonyl (C=O) groups is 1. The van der Waals surface area contributed by atoms with Gasteiger partial charge < -0.3 is 18.8 Å². The summed E-state index contributed by atoms with van der Waals surface area (Å²) in [6, 6.07) is 11.5. The molecule has 0 bridgehead atoms. The van der Waals surface area contributed by atoms with Gasteiger partial charge in [0.2, 0.25) is 24.5 Å². The van der Waals surface area contributed by atoms with Crippen LogP contribution in [0.15, 0.2) is 53.0 Å². The number of aromatic nitrogens is 2. The average molecular weight is 421 g/mol. The fraction of sp³-hybridized carbons (Fsp3) is 0.261. The number of ether oxygens (including phenoxy) is 2. The SMILES string of the molecule is O=C(C=Cc1ccc2c(c1)OCO2)N1CCC(c2nnc(-c3ccc(F)cc3)o2)CC1. The molecule has 2 aromatic carbocycles. The van der Waals surface area contributed by atoms with Gasteiger partial charge in [-0.15, -0.1) is 10.2 Å². The van der Waals surface area contributed by atoms with E-state index in [-0.39, 0.29) is 24.4 Å². The van der Waals surface area contributed by atoms with E-state index < -0.39 is 0 Å². The molecule has 0 N–H and O–H groups in total. The van der Waals surface area contributed by atoms with Gasteiger partial charge in [-0.1, -0.05) is 6.07 Å². The van der Waals surface area contributed by atoms with E-state index in [9.17, 15) is 9.18 Å². The van der Waals surface area contributed by atoms with Crippen molar-refractivity contribution >= 4 is 12.0 Å². The topological polar surface area (TPSA) is 77.7 Å². The Kier molecular flexibility index (Phi) is 5.11. The van der Waals surface area contributed by atoms with E-state index in [0.717, 1.165) is 18.4 Å². The van der Waals surface area contributed by atoms with Crippen LogP contribution in [0.3, 0.4) is 0 Å². The number of rotatable bonds is 4. The Balaban J connectivity index is 1.18. The lowest BCUT2D eigenvalue weighted by Gasteiger charge is -2.29. The molecule has 0 radical (unpaired) electrons. The van der Waals surface area contributed by atoms with Crippen LogP contribution in [0.1, 0.15) is 30.2 Å². The Morgan fingerprint density at radius 1 is 1.03 bits per heavy atom. The number of likely N-dealkylation sites (tertiary alicyclic amines) is 1. The van der Waals surface area contributed by atoms with Crippen molar-refractivity contribution < 1.29 is 23.1 Å². The fourth-order valence-electron chi connectivity index (χ4n) is 3.75. The van der Waals surface area contributed by atoms with Crippen molar-refractivity contribution in [2.75, 3.05) is 19.9 Å². The minimum atomic E-state index is -0.312. The average Bonchev–Trinajstić information content (AvgIpc) is 3.47. The maximum Gasteiger partial charge on any atom is 0.247 e. The molecule has 2 aliphatic rings. The summed E-state index contributed by atoms with van der Waals surface area (Å²) in [6.45, 7) is 1.45. The van der Waals surface area contributed by atoms with Gasteiger partial charge in [-0.25, -0.2) is 4.39 Å². The van der Waals surface area contributed by atoms with Crippen molar-refractivity contribution in [3.05, 3.63) is 65.8 Å². The number of nitrogens with zero attached hydrogens (tertiary/aromatic N) is 3. The minimum absolute atomic E-state index is 0.0337. The zero-order valence-corrected chi connectivity index (χ0v) is 16.7. The van der Waals surface area contributed by atoms with Gasteiger partial charge in [-0.05, 0) is 60.9 Å². The van der Waals surface area contributed by atoms with Gasteiger partial charge in [0.05, 0.1) is 0 Å². The predicted octanol–water partition coefficient (Wildman–Crippen LogP) is 4.02. The number of piperidine rings is 1. The highest BCUT2D eigenvalue weighted by Gasteiger charge is 2.27. The molecule has 7 nitrogen and oxygen atoms in total. The van der Waals surface area contributed by atoms with E-state index in [0.29, 0.717) is 41.9 Å². The van der Waals surface area contributed by atoms with E-state index in [1.54, 1.807) is 24.3 Å². The van der Waals surface area contributed by atoms with Crippen LogP contribution >= 0.6 is 0 Å². The number of amides is 1. The number of halogens is 1. The molecule has 0 aliphatic carbocycles. The standard InChI is InChI=1S/C23H20FN3O4/c24-18-5-3-16(4-6-18)22-25-26-23(31-22)17-9-11-27(12-10-17)21(28)8-2-15-1-7-19-20(13-15)30-14-29-19/h1-8,13,17H,9-12,14H2. The fourth-order valence-corrected chi connectivity index (χ4v) is 3.75. The van der Waals surface area contributed by atoms with Crippen LogP contribution in [0.5, 0.6) is 11.5 Å². The van der Waals surface area contributed by atoms with Gasteiger partial charge in [-0.3, -0.25) is 4.79 Å². The molecule has 2 aliphatic heterocycles. The van der Waals surface area contributed by atoms with E-state index in [2.05, 4.69) is 10.2 Å². The summed E-state index contributed by atoms with van der Waals surface area (Å²) in [6.07, 6.45) is 4.85. The Labute approximate surface area is 178 Å². The lowest BCUT2D eigenvalue weighted by atomic mass is 9.97. The summed E-state index contributed by atoms with van der Waals surface area (Å²) >= 11 is 0. The normalized spacial score (nSPS) is 16.2. The lowest BCUT2D eigenvalue weighted by molar-refractivity contribution is -0.127. The molecule has 0 atom stereocenters. The van der Waals surface area contributed by atoms with Crippen LogP contribution in [0.2, 0.25) is 0 Å². The monoisotopic (exact) mass is 421 g/mol. The maximum atomic E-state index is 13.1. The predicted molar refractivity (Wildman–Crippen MR) is 110 cm³/mol. The molecular formula is C23H20FN3O4. The molecule has 8 heteroatoms. The van der Waals surface area contributed by atoms with E-state index in [4.69, 9.17) is 13.9 Å². The van der Waals surface area contributed by atoms with Crippen LogP contribution in [-0.2, 0) is 4.79 Å². The van der Waals surface area contributed by atoms with Gasteiger partial charge in [0.25, 0.3) is 0 Å². The summed E-state index contributed by atoms with van der Waals surface area (Å²) in [4.78, 5) is 14.4. The highest BCUT2D eigenvalue weighted by molar-refractivity contribution is 5.92. The molecule has 1 saturated heterocycles. The highest BCUT2D eigenvalue weighted by atomic mass is 19.1. The van der Waals surface area contributed by atoms with Gasteiger partial charge in [0.15, 0.2) is 11.5 Å². The smallest absolute Gasteiger partial charge is 0.247 e. The third-order valence-electron chi connectivity index (χ3n) is 5.50. The molecule has 5 rings (SSSR count). The molecule has 31 heavy (non-hydrogen) atoms. The molecule has 1 amide bonds. The molecule has 3 aromatic rings. The van der Waals surface area contributed by atoms with E-state index in [1.807, 2.05) is 23.1 Å². The number of carbonyl (C=O) groups excluding carboxylic acids is 1. The lowest BCUT2D eigenvalue weighted by Crippen LogP contribution is -2.36. The van der Waals surface area contributed by atoms with Crippen molar-refractivity contribution in [3.8, 4) is 23.0 Å². The van der Waals surface area contributed by atoms with E-state index in [1.165, 1.54) is 12.1 Å². The van der Waals surface area contributed by atoms with Crippen LogP contribution in [0.4, 0.5) is 4.39 Å². The number of hydrogen-bond acceptors (Lipinski definition) is 6. The first-order valence-electron chi connectivity index (χ1n) is 10.1. The van der Waals surface area contributed by atoms with Crippen LogP contribution in [0, 0.1) is 5.82 Å². The van der Waals surface area contributed by atoms with Crippen molar-refractivity contribution in [2.24, 2.45) is 0 Å². The van der Waals surface area contributed by atoms with Crippen LogP contribution in [0.25, 0.3) is 17.5 Å². The molecule has 0 unspecified atom stereocenters. The quantitative estimate of drug-likeness (QED) is 0.592. The second-order valence-electron chi connectivity index (χ2n) is 7.50. The Morgan fingerprint density at radius 2 is 1.81 bits per heavy atom. The van der Waals surface area contributed by atoms with Gasteiger partial charge in [0, 0.05) is 30.6 Å². The molecule has 1 fully saturated rings. The van der Waals surface area contributed by atoms with Crippen molar-refractivity contribution in [2.45, 2.75) is 18.8 Å². The second kappa shape index (κ2) is 8.22. The molecule has 0 spiro atoms. The molecule has 1 aromatic heterocycles. The molecule has 0 saturated carbocycles. The van der Waals surface area contributed by atoms with Gasteiger partial charge >= 0.3 is 0 Å². The van der Waals surface area contributed by atoms with Crippen LogP contribution < -0.4 is 9.47 Å². The second-order valence-corrected chi connectivity index (χ2v) is 7.50. The summed E-state index contributed by atoms with van der Waals surface area (Å²) < 4.78 is 29.6. The van der Waals surface area contributed by atoms with Crippen molar-refractivity contribution in [1.82, 2.24) is 15.1 Å². The van der Waals surface area contributed by atoms with Crippen molar-refractivity contribution in [3.63, 3.8) is 0 Å². The van der Waals surface area contributed by atoms with Gasteiger partial charge in [-0.2, -0.15) is 0 Å². The first-order valence-corrected chi connectivity index (χ1v) is 10.1. The largest absolute Gasteiger partial charge is 0.454 e. The Morgan fingerprint density at radius 3 is 2.61 bits per heavy atom. The maximum absolute atomic E-state index is 13.1. The number of benzene rings is 2. The van der Waals surface area contributed by atoms with E-state index >= 15 is 0 Å².